The molecule has 0 bridgehead atoms. The first kappa shape index (κ1) is 16.6. The summed E-state index contributed by atoms with van der Waals surface area (Å²) in [6.07, 6.45) is 5.56. The van der Waals surface area contributed by atoms with E-state index in [0.717, 1.165) is 28.3 Å². The number of nitrogens with zero attached hydrogens (tertiary/aromatic N) is 3. The minimum atomic E-state index is -0.445. The highest BCUT2D eigenvalue weighted by Crippen LogP contribution is 2.38. The second-order valence-corrected chi connectivity index (χ2v) is 6.92. The molecule has 132 valence electrons. The van der Waals surface area contributed by atoms with Crippen molar-refractivity contribution in [1.29, 1.82) is 0 Å². The first-order valence-corrected chi connectivity index (χ1v) is 8.55. The fourth-order valence-electron chi connectivity index (χ4n) is 3.44. The Hall–Kier alpha value is -2.86. The first-order valence-electron chi connectivity index (χ1n) is 8.17. The Kier molecular flexibility index (Phi) is 3.73. The quantitative estimate of drug-likeness (QED) is 0.561. The van der Waals surface area contributed by atoms with Crippen molar-refractivity contribution in [3.8, 4) is 0 Å². The predicted octanol–water partition coefficient (Wildman–Crippen LogP) is 2.43. The number of halogens is 1. The van der Waals surface area contributed by atoms with E-state index in [0.29, 0.717) is 10.6 Å². The Bertz CT molecular complexity index is 1180. The summed E-state index contributed by atoms with van der Waals surface area (Å²) in [6.45, 7) is 1.92. The highest BCUT2D eigenvalue weighted by Gasteiger charge is 2.30. The van der Waals surface area contributed by atoms with E-state index in [2.05, 4.69) is 4.98 Å². The molecule has 7 heteroatoms. The number of fused-ring (bicyclic) bond motifs is 2. The smallest absolute Gasteiger partial charge is 0.328 e. The standard InChI is InChI=1S/C19H17ClN4O2/c1-10-21-17-15(24(10)3)7-4-11-8-12(20)5-6-13(11)16(17)14-9-23(2)19(26)22-18(14)25/h4-9,16H,1-3H3,(H,22,25,26). The zero-order valence-corrected chi connectivity index (χ0v) is 15.3. The van der Waals surface area contributed by atoms with Crippen LogP contribution in [0.3, 0.4) is 0 Å². The number of imidazole rings is 1. The maximum Gasteiger partial charge on any atom is 0.328 e. The van der Waals surface area contributed by atoms with Crippen molar-refractivity contribution in [3.05, 3.63) is 84.2 Å². The zero-order chi connectivity index (χ0) is 18.6. The van der Waals surface area contributed by atoms with Gasteiger partial charge in [0.2, 0.25) is 0 Å². The highest BCUT2D eigenvalue weighted by atomic mass is 35.5. The molecule has 1 N–H and O–H groups in total. The monoisotopic (exact) mass is 368 g/mol. The number of aromatic amines is 1. The number of rotatable bonds is 1. The van der Waals surface area contributed by atoms with E-state index in [1.165, 1.54) is 4.57 Å². The second-order valence-electron chi connectivity index (χ2n) is 6.48. The minimum absolute atomic E-state index is 0.400. The van der Waals surface area contributed by atoms with Gasteiger partial charge in [-0.25, -0.2) is 9.78 Å². The van der Waals surface area contributed by atoms with Crippen LogP contribution < -0.4 is 11.2 Å². The maximum atomic E-state index is 12.6. The number of aromatic nitrogens is 4. The number of hydrogen-bond donors (Lipinski definition) is 1. The first-order chi connectivity index (χ1) is 12.4. The SMILES string of the molecule is Cc1nc2c(n1C)C=Cc1cc(Cl)ccc1C2c1cn(C)c(=O)[nH]c1=O. The summed E-state index contributed by atoms with van der Waals surface area (Å²) in [5.41, 5.74) is 3.17. The van der Waals surface area contributed by atoms with E-state index in [-0.39, 0.29) is 0 Å². The van der Waals surface area contributed by atoms with Gasteiger partial charge in [0.05, 0.1) is 17.3 Å². The van der Waals surface area contributed by atoms with Gasteiger partial charge in [-0.2, -0.15) is 0 Å². The third-order valence-electron chi connectivity index (χ3n) is 4.89. The molecule has 0 fully saturated rings. The van der Waals surface area contributed by atoms with E-state index in [1.807, 2.05) is 42.8 Å². The maximum absolute atomic E-state index is 12.6. The highest BCUT2D eigenvalue weighted by molar-refractivity contribution is 6.30. The Labute approximate surface area is 154 Å². The van der Waals surface area contributed by atoms with Crippen molar-refractivity contribution in [2.75, 3.05) is 0 Å². The Morgan fingerprint density at radius 2 is 1.92 bits per heavy atom. The molecule has 3 aromatic rings. The summed E-state index contributed by atoms with van der Waals surface area (Å²) in [7, 11) is 3.56. The zero-order valence-electron chi connectivity index (χ0n) is 14.6. The Morgan fingerprint density at radius 3 is 2.69 bits per heavy atom. The van der Waals surface area contributed by atoms with Crippen molar-refractivity contribution in [3.63, 3.8) is 0 Å². The molecule has 0 saturated heterocycles. The number of nitrogens with one attached hydrogen (secondary N) is 1. The van der Waals surface area contributed by atoms with E-state index in [4.69, 9.17) is 16.6 Å². The van der Waals surface area contributed by atoms with Crippen LogP contribution in [0.15, 0.2) is 34.0 Å². The van der Waals surface area contributed by atoms with Gasteiger partial charge in [0, 0.05) is 30.9 Å². The molecule has 1 aromatic carbocycles. The number of aryl methyl sites for hydroxylation is 2. The lowest BCUT2D eigenvalue weighted by atomic mass is 9.87. The summed E-state index contributed by atoms with van der Waals surface area (Å²) in [4.78, 5) is 31.5. The molecule has 4 rings (SSSR count). The lowest BCUT2D eigenvalue weighted by Crippen LogP contribution is -2.32. The van der Waals surface area contributed by atoms with Crippen molar-refractivity contribution < 1.29 is 0 Å². The van der Waals surface area contributed by atoms with E-state index in [1.54, 1.807) is 19.3 Å². The summed E-state index contributed by atoms with van der Waals surface area (Å²) in [5, 5.41) is 0.622. The molecule has 0 radical (unpaired) electrons. The summed E-state index contributed by atoms with van der Waals surface area (Å²) in [5.74, 6) is 0.450. The summed E-state index contributed by atoms with van der Waals surface area (Å²) >= 11 is 6.17. The average molecular weight is 369 g/mol. The van der Waals surface area contributed by atoms with Crippen LogP contribution in [0, 0.1) is 6.92 Å². The lowest BCUT2D eigenvalue weighted by Gasteiger charge is -2.18. The molecular weight excluding hydrogens is 352 g/mol. The van der Waals surface area contributed by atoms with Gasteiger partial charge < -0.3 is 9.13 Å². The molecular formula is C19H17ClN4O2. The van der Waals surface area contributed by atoms with Gasteiger partial charge in [-0.15, -0.1) is 0 Å². The average Bonchev–Trinajstić information content (AvgIpc) is 2.77. The van der Waals surface area contributed by atoms with Gasteiger partial charge in [0.25, 0.3) is 5.56 Å². The van der Waals surface area contributed by atoms with Gasteiger partial charge in [-0.1, -0.05) is 23.7 Å². The van der Waals surface area contributed by atoms with Gasteiger partial charge in [-0.05, 0) is 36.3 Å². The van der Waals surface area contributed by atoms with Crippen LogP contribution in [0.5, 0.6) is 0 Å². The molecule has 1 unspecified atom stereocenters. The molecule has 1 aliphatic carbocycles. The van der Waals surface area contributed by atoms with Crippen LogP contribution in [-0.2, 0) is 14.1 Å². The number of H-pyrrole nitrogens is 1. The van der Waals surface area contributed by atoms with Crippen molar-refractivity contribution in [2.24, 2.45) is 14.1 Å². The van der Waals surface area contributed by atoms with Crippen LogP contribution in [0.25, 0.3) is 12.2 Å². The molecule has 1 atom stereocenters. The van der Waals surface area contributed by atoms with E-state index < -0.39 is 17.2 Å². The molecule has 0 aliphatic heterocycles. The van der Waals surface area contributed by atoms with Gasteiger partial charge in [0.15, 0.2) is 0 Å². The van der Waals surface area contributed by atoms with Gasteiger partial charge in [0.1, 0.15) is 5.82 Å². The van der Waals surface area contributed by atoms with Crippen molar-refractivity contribution in [2.45, 2.75) is 12.8 Å². The van der Waals surface area contributed by atoms with Crippen molar-refractivity contribution >= 4 is 23.8 Å². The third-order valence-corrected chi connectivity index (χ3v) is 5.13. The second kappa shape index (κ2) is 5.85. The minimum Gasteiger partial charge on any atom is -0.332 e. The lowest BCUT2D eigenvalue weighted by molar-refractivity contribution is 0.760. The molecule has 0 amide bonds. The number of benzene rings is 1. The fourth-order valence-corrected chi connectivity index (χ4v) is 3.62. The van der Waals surface area contributed by atoms with Crippen LogP contribution in [0.1, 0.15) is 39.8 Å². The predicted molar refractivity (Wildman–Crippen MR) is 102 cm³/mol. The molecule has 1 aliphatic rings. The largest absolute Gasteiger partial charge is 0.332 e. The molecule has 0 spiro atoms. The molecule has 6 nitrogen and oxygen atoms in total. The van der Waals surface area contributed by atoms with Gasteiger partial charge >= 0.3 is 5.69 Å². The van der Waals surface area contributed by atoms with E-state index >= 15 is 0 Å². The topological polar surface area (TPSA) is 72.7 Å². The van der Waals surface area contributed by atoms with Crippen molar-refractivity contribution in [1.82, 2.24) is 19.1 Å². The molecule has 0 saturated carbocycles. The number of hydrogen-bond acceptors (Lipinski definition) is 3. The summed E-state index contributed by atoms with van der Waals surface area (Å²) in [6, 6.07) is 5.59. The van der Waals surface area contributed by atoms with Crippen LogP contribution in [0.4, 0.5) is 0 Å². The van der Waals surface area contributed by atoms with Gasteiger partial charge in [-0.3, -0.25) is 9.78 Å². The molecule has 2 heterocycles. The Morgan fingerprint density at radius 1 is 1.15 bits per heavy atom. The van der Waals surface area contributed by atoms with Crippen LogP contribution >= 0.6 is 11.6 Å². The van der Waals surface area contributed by atoms with Crippen LogP contribution in [0.2, 0.25) is 5.02 Å². The Balaban J connectivity index is 2.10. The fraction of sp³-hybridized carbons (Fsp3) is 0.211. The third kappa shape index (κ3) is 2.45. The molecule has 26 heavy (non-hydrogen) atoms. The van der Waals surface area contributed by atoms with Crippen LogP contribution in [-0.4, -0.2) is 19.1 Å². The summed E-state index contributed by atoms with van der Waals surface area (Å²) < 4.78 is 3.36. The normalized spacial score (nSPS) is 15.5. The van der Waals surface area contributed by atoms with E-state index in [9.17, 15) is 9.59 Å². The molecule has 2 aromatic heterocycles.